The zero-order valence-electron chi connectivity index (χ0n) is 9.65. The maximum atomic E-state index is 11.8. The standard InChI is InChI=1S/C11H22N2O3/c12-8-9-2-1-3-10(9)11(15)13-4-6-16-7-5-14/h9-10,14H,1-8,12H2,(H,13,15). The van der Waals surface area contributed by atoms with Gasteiger partial charge in [-0.15, -0.1) is 0 Å². The summed E-state index contributed by atoms with van der Waals surface area (Å²) in [6.07, 6.45) is 3.11. The SMILES string of the molecule is NCC1CCCC1C(=O)NCCOCCO. The number of nitrogens with two attached hydrogens (primary N) is 1. The van der Waals surface area contributed by atoms with Crippen LogP contribution in [0.1, 0.15) is 19.3 Å². The second kappa shape index (κ2) is 7.60. The van der Waals surface area contributed by atoms with Crippen LogP contribution in [0.5, 0.6) is 0 Å². The van der Waals surface area contributed by atoms with Crippen molar-refractivity contribution in [2.45, 2.75) is 19.3 Å². The number of carbonyl (C=O) groups is 1. The molecule has 2 unspecified atom stereocenters. The van der Waals surface area contributed by atoms with Crippen molar-refractivity contribution in [1.29, 1.82) is 0 Å². The first-order chi connectivity index (χ1) is 7.79. The van der Waals surface area contributed by atoms with Gasteiger partial charge in [-0.3, -0.25) is 4.79 Å². The van der Waals surface area contributed by atoms with Crippen LogP contribution in [0.15, 0.2) is 0 Å². The molecule has 5 heteroatoms. The lowest BCUT2D eigenvalue weighted by Gasteiger charge is -2.17. The van der Waals surface area contributed by atoms with E-state index >= 15 is 0 Å². The lowest BCUT2D eigenvalue weighted by molar-refractivity contribution is -0.126. The predicted molar refractivity (Wildman–Crippen MR) is 60.8 cm³/mol. The van der Waals surface area contributed by atoms with Gasteiger partial charge in [0.25, 0.3) is 0 Å². The number of rotatable bonds is 7. The molecule has 5 nitrogen and oxygen atoms in total. The van der Waals surface area contributed by atoms with Gasteiger partial charge in [-0.25, -0.2) is 0 Å². The van der Waals surface area contributed by atoms with Crippen molar-refractivity contribution in [3.63, 3.8) is 0 Å². The Morgan fingerprint density at radius 2 is 2.25 bits per heavy atom. The van der Waals surface area contributed by atoms with E-state index in [-0.39, 0.29) is 18.4 Å². The Morgan fingerprint density at radius 3 is 2.94 bits per heavy atom. The Labute approximate surface area is 96.3 Å². The summed E-state index contributed by atoms with van der Waals surface area (Å²) in [4.78, 5) is 11.8. The Bertz CT molecular complexity index is 211. The molecule has 0 spiro atoms. The molecule has 94 valence electrons. The van der Waals surface area contributed by atoms with Crippen LogP contribution >= 0.6 is 0 Å². The fourth-order valence-electron chi connectivity index (χ4n) is 2.21. The molecule has 1 amide bonds. The van der Waals surface area contributed by atoms with Crippen molar-refractivity contribution in [2.24, 2.45) is 17.6 Å². The molecule has 1 fully saturated rings. The third-order valence-corrected chi connectivity index (χ3v) is 3.08. The van der Waals surface area contributed by atoms with Gasteiger partial charge in [0.2, 0.25) is 5.91 Å². The number of nitrogens with one attached hydrogen (secondary N) is 1. The van der Waals surface area contributed by atoms with E-state index < -0.39 is 0 Å². The molecular formula is C11H22N2O3. The first kappa shape index (κ1) is 13.4. The molecule has 4 N–H and O–H groups in total. The van der Waals surface area contributed by atoms with Crippen molar-refractivity contribution in [1.82, 2.24) is 5.32 Å². The average Bonchev–Trinajstić information content (AvgIpc) is 2.76. The molecule has 0 saturated heterocycles. The lowest BCUT2D eigenvalue weighted by atomic mass is 9.95. The largest absolute Gasteiger partial charge is 0.394 e. The highest BCUT2D eigenvalue weighted by atomic mass is 16.5. The van der Waals surface area contributed by atoms with Crippen LogP contribution in [-0.2, 0) is 9.53 Å². The van der Waals surface area contributed by atoms with E-state index in [1.807, 2.05) is 0 Å². The molecule has 0 radical (unpaired) electrons. The van der Waals surface area contributed by atoms with E-state index in [2.05, 4.69) is 5.32 Å². The van der Waals surface area contributed by atoms with Gasteiger partial charge in [0.1, 0.15) is 0 Å². The molecule has 1 aliphatic carbocycles. The summed E-state index contributed by atoms with van der Waals surface area (Å²) >= 11 is 0. The topological polar surface area (TPSA) is 84.6 Å². The minimum absolute atomic E-state index is 0.0197. The minimum Gasteiger partial charge on any atom is -0.394 e. The smallest absolute Gasteiger partial charge is 0.223 e. The number of ether oxygens (including phenoxy) is 1. The van der Waals surface area contributed by atoms with Crippen LogP contribution in [0.3, 0.4) is 0 Å². The Balaban J connectivity index is 2.14. The maximum absolute atomic E-state index is 11.8. The number of aliphatic hydroxyl groups is 1. The van der Waals surface area contributed by atoms with E-state index in [1.165, 1.54) is 0 Å². The normalized spacial score (nSPS) is 24.6. The van der Waals surface area contributed by atoms with Gasteiger partial charge in [0.15, 0.2) is 0 Å². The van der Waals surface area contributed by atoms with E-state index in [1.54, 1.807) is 0 Å². The molecule has 0 aromatic carbocycles. The zero-order valence-corrected chi connectivity index (χ0v) is 9.65. The van der Waals surface area contributed by atoms with Gasteiger partial charge in [-0.1, -0.05) is 6.42 Å². The van der Waals surface area contributed by atoms with Crippen LogP contribution in [-0.4, -0.2) is 43.9 Å². The average molecular weight is 230 g/mol. The molecular weight excluding hydrogens is 208 g/mol. The van der Waals surface area contributed by atoms with Gasteiger partial charge >= 0.3 is 0 Å². The molecule has 0 bridgehead atoms. The highest BCUT2D eigenvalue weighted by Crippen LogP contribution is 2.30. The molecule has 0 heterocycles. The van der Waals surface area contributed by atoms with Gasteiger partial charge in [0.05, 0.1) is 19.8 Å². The third kappa shape index (κ3) is 4.08. The van der Waals surface area contributed by atoms with Crippen LogP contribution in [0.25, 0.3) is 0 Å². The highest BCUT2D eigenvalue weighted by Gasteiger charge is 2.31. The molecule has 0 aromatic rings. The second-order valence-electron chi connectivity index (χ2n) is 4.16. The highest BCUT2D eigenvalue weighted by molar-refractivity contribution is 5.79. The molecule has 1 aliphatic rings. The number of hydrogen-bond donors (Lipinski definition) is 3. The van der Waals surface area contributed by atoms with Crippen LogP contribution < -0.4 is 11.1 Å². The van der Waals surface area contributed by atoms with Gasteiger partial charge in [0, 0.05) is 12.5 Å². The number of carbonyl (C=O) groups excluding carboxylic acids is 1. The van der Waals surface area contributed by atoms with Crippen LogP contribution in [0, 0.1) is 11.8 Å². The predicted octanol–water partition coefficient (Wildman–Crippen LogP) is -0.513. The number of aliphatic hydroxyl groups excluding tert-OH is 1. The third-order valence-electron chi connectivity index (χ3n) is 3.08. The molecule has 1 saturated carbocycles. The summed E-state index contributed by atoms with van der Waals surface area (Å²) in [5, 5.41) is 11.3. The van der Waals surface area contributed by atoms with E-state index in [4.69, 9.17) is 15.6 Å². The maximum Gasteiger partial charge on any atom is 0.223 e. The summed E-state index contributed by atoms with van der Waals surface area (Å²) in [5.41, 5.74) is 5.62. The quantitative estimate of drug-likeness (QED) is 0.514. The van der Waals surface area contributed by atoms with Gasteiger partial charge in [-0.05, 0) is 25.3 Å². The molecule has 0 aromatic heterocycles. The van der Waals surface area contributed by atoms with Crippen molar-refractivity contribution >= 4 is 5.91 Å². The summed E-state index contributed by atoms with van der Waals surface area (Å²) in [5.74, 6) is 0.529. The van der Waals surface area contributed by atoms with Crippen molar-refractivity contribution in [3.8, 4) is 0 Å². The first-order valence-electron chi connectivity index (χ1n) is 5.96. The van der Waals surface area contributed by atoms with Crippen LogP contribution in [0.2, 0.25) is 0 Å². The summed E-state index contributed by atoms with van der Waals surface area (Å²) < 4.78 is 5.06. The van der Waals surface area contributed by atoms with Gasteiger partial charge in [-0.2, -0.15) is 0 Å². The molecule has 0 aliphatic heterocycles. The van der Waals surface area contributed by atoms with Crippen LogP contribution in [0.4, 0.5) is 0 Å². The first-order valence-corrected chi connectivity index (χ1v) is 5.96. The van der Waals surface area contributed by atoms with Crippen molar-refractivity contribution in [3.05, 3.63) is 0 Å². The Morgan fingerprint density at radius 1 is 1.44 bits per heavy atom. The van der Waals surface area contributed by atoms with Crippen molar-refractivity contribution in [2.75, 3.05) is 32.9 Å². The van der Waals surface area contributed by atoms with Gasteiger partial charge < -0.3 is 20.9 Å². The fraction of sp³-hybridized carbons (Fsp3) is 0.909. The zero-order chi connectivity index (χ0) is 11.8. The molecule has 2 atom stereocenters. The summed E-state index contributed by atoms with van der Waals surface area (Å²) in [7, 11) is 0. The second-order valence-corrected chi connectivity index (χ2v) is 4.16. The number of amides is 1. The Hall–Kier alpha value is -0.650. The van der Waals surface area contributed by atoms with E-state index in [0.29, 0.717) is 32.2 Å². The fourth-order valence-corrected chi connectivity index (χ4v) is 2.21. The van der Waals surface area contributed by atoms with E-state index in [9.17, 15) is 4.79 Å². The Kier molecular flexibility index (Phi) is 6.37. The lowest BCUT2D eigenvalue weighted by Crippen LogP contribution is -2.36. The molecule has 1 rings (SSSR count). The minimum atomic E-state index is 0.0197. The summed E-state index contributed by atoms with van der Waals surface area (Å²) in [6, 6.07) is 0. The van der Waals surface area contributed by atoms with Crippen molar-refractivity contribution < 1.29 is 14.6 Å². The molecule has 16 heavy (non-hydrogen) atoms. The van der Waals surface area contributed by atoms with E-state index in [0.717, 1.165) is 19.3 Å². The summed E-state index contributed by atoms with van der Waals surface area (Å²) in [6.45, 7) is 1.90. The number of hydrogen-bond acceptors (Lipinski definition) is 4. The monoisotopic (exact) mass is 230 g/mol.